The summed E-state index contributed by atoms with van der Waals surface area (Å²) in [5.41, 5.74) is 2.62. The first-order valence-electron chi connectivity index (χ1n) is 7.68. The highest BCUT2D eigenvalue weighted by molar-refractivity contribution is 5.67. The fourth-order valence-electron chi connectivity index (χ4n) is 3.76. The molecule has 2 aromatic carbocycles. The van der Waals surface area contributed by atoms with E-state index in [-0.39, 0.29) is 16.0 Å². The molecule has 0 aromatic heterocycles. The molecule has 0 radical (unpaired) electrons. The van der Waals surface area contributed by atoms with Crippen LogP contribution in [0.2, 0.25) is 0 Å². The molecule has 0 aliphatic carbocycles. The maximum atomic E-state index is 11.0. The summed E-state index contributed by atoms with van der Waals surface area (Å²) in [5.74, 6) is 0.732. The van der Waals surface area contributed by atoms with Crippen LogP contribution in [0, 0.1) is 10.1 Å². The highest BCUT2D eigenvalue weighted by Gasteiger charge is 2.57. The van der Waals surface area contributed by atoms with E-state index in [0.29, 0.717) is 6.54 Å². The van der Waals surface area contributed by atoms with Crippen LogP contribution in [0.3, 0.4) is 0 Å². The number of anilines is 1. The summed E-state index contributed by atoms with van der Waals surface area (Å²) in [6.07, 6.45) is 0. The lowest BCUT2D eigenvalue weighted by Crippen LogP contribution is -2.59. The van der Waals surface area contributed by atoms with Crippen LogP contribution in [0.1, 0.15) is 31.9 Å². The SMILES string of the molecule is CC1(C)c2ccccc2N2Cc3cc([N+](=O)[O-])ccc3O[C@@]21C. The molecule has 0 unspecified atom stereocenters. The van der Waals surface area contributed by atoms with E-state index in [0.717, 1.165) is 17.0 Å². The molecule has 118 valence electrons. The minimum absolute atomic E-state index is 0.0997. The van der Waals surface area contributed by atoms with Crippen LogP contribution < -0.4 is 9.64 Å². The summed E-state index contributed by atoms with van der Waals surface area (Å²) in [6.45, 7) is 7.07. The Morgan fingerprint density at radius 1 is 1.17 bits per heavy atom. The molecule has 0 bridgehead atoms. The Balaban J connectivity index is 1.88. The molecule has 5 heteroatoms. The number of nitro benzene ring substituents is 1. The third-order valence-electron chi connectivity index (χ3n) is 5.43. The van der Waals surface area contributed by atoms with E-state index in [4.69, 9.17) is 4.74 Å². The van der Waals surface area contributed by atoms with Gasteiger partial charge in [-0.2, -0.15) is 0 Å². The molecule has 2 aliphatic heterocycles. The van der Waals surface area contributed by atoms with Gasteiger partial charge in [0.2, 0.25) is 0 Å². The quantitative estimate of drug-likeness (QED) is 0.590. The Labute approximate surface area is 134 Å². The maximum Gasteiger partial charge on any atom is 0.270 e. The molecule has 5 nitrogen and oxygen atoms in total. The van der Waals surface area contributed by atoms with E-state index in [1.807, 2.05) is 12.1 Å². The van der Waals surface area contributed by atoms with Gasteiger partial charge < -0.3 is 9.64 Å². The van der Waals surface area contributed by atoms with Gasteiger partial charge in [-0.15, -0.1) is 0 Å². The van der Waals surface area contributed by atoms with Crippen molar-refractivity contribution >= 4 is 11.4 Å². The Morgan fingerprint density at radius 3 is 2.65 bits per heavy atom. The van der Waals surface area contributed by atoms with Gasteiger partial charge in [-0.05, 0) is 38.5 Å². The second-order valence-electron chi connectivity index (χ2n) is 6.86. The first-order chi connectivity index (χ1) is 10.8. The number of hydrogen-bond donors (Lipinski definition) is 0. The topological polar surface area (TPSA) is 55.6 Å². The van der Waals surface area contributed by atoms with Crippen molar-refractivity contribution in [1.82, 2.24) is 0 Å². The number of rotatable bonds is 1. The highest BCUT2D eigenvalue weighted by atomic mass is 16.6. The average molecular weight is 310 g/mol. The van der Waals surface area contributed by atoms with Crippen LogP contribution in [0.25, 0.3) is 0 Å². The molecule has 2 heterocycles. The first kappa shape index (κ1) is 14.1. The summed E-state index contributed by atoms with van der Waals surface area (Å²) < 4.78 is 6.38. The van der Waals surface area contributed by atoms with Crippen molar-refractivity contribution in [3.05, 3.63) is 63.7 Å². The van der Waals surface area contributed by atoms with Crippen LogP contribution >= 0.6 is 0 Å². The molecular weight excluding hydrogens is 292 g/mol. The van der Waals surface area contributed by atoms with E-state index < -0.39 is 5.72 Å². The largest absolute Gasteiger partial charge is 0.467 e. The van der Waals surface area contributed by atoms with Crippen molar-refractivity contribution < 1.29 is 9.66 Å². The van der Waals surface area contributed by atoms with Gasteiger partial charge in [-0.3, -0.25) is 10.1 Å². The van der Waals surface area contributed by atoms with Crippen molar-refractivity contribution in [3.8, 4) is 5.75 Å². The molecule has 4 rings (SSSR count). The lowest BCUT2D eigenvalue weighted by molar-refractivity contribution is -0.385. The van der Waals surface area contributed by atoms with Crippen molar-refractivity contribution in [2.75, 3.05) is 4.90 Å². The van der Waals surface area contributed by atoms with Crippen molar-refractivity contribution in [1.29, 1.82) is 0 Å². The van der Waals surface area contributed by atoms with Gasteiger partial charge in [0, 0.05) is 23.4 Å². The summed E-state index contributed by atoms with van der Waals surface area (Å²) in [4.78, 5) is 12.9. The number of hydrogen-bond acceptors (Lipinski definition) is 4. The molecule has 1 atom stereocenters. The van der Waals surface area contributed by atoms with E-state index in [1.165, 1.54) is 11.6 Å². The van der Waals surface area contributed by atoms with Crippen molar-refractivity contribution in [2.24, 2.45) is 0 Å². The van der Waals surface area contributed by atoms with Gasteiger partial charge in [-0.25, -0.2) is 0 Å². The van der Waals surface area contributed by atoms with Crippen LogP contribution in [0.5, 0.6) is 5.75 Å². The lowest BCUT2D eigenvalue weighted by Gasteiger charge is -2.48. The summed E-state index contributed by atoms with van der Waals surface area (Å²) in [5, 5.41) is 11.0. The molecule has 2 aliphatic rings. The number of nitrogens with zero attached hydrogens (tertiary/aromatic N) is 2. The van der Waals surface area contributed by atoms with Gasteiger partial charge in [0.15, 0.2) is 5.72 Å². The Kier molecular flexibility index (Phi) is 2.60. The summed E-state index contributed by atoms with van der Waals surface area (Å²) >= 11 is 0. The fraction of sp³-hybridized carbons (Fsp3) is 0.333. The smallest absolute Gasteiger partial charge is 0.270 e. The molecule has 0 saturated heterocycles. The number of non-ortho nitro benzene ring substituents is 1. The average Bonchev–Trinajstić information content (AvgIpc) is 2.69. The zero-order valence-electron chi connectivity index (χ0n) is 13.4. The van der Waals surface area contributed by atoms with Crippen LogP contribution in [0.15, 0.2) is 42.5 Å². The predicted molar refractivity (Wildman–Crippen MR) is 87.8 cm³/mol. The molecule has 0 amide bonds. The highest BCUT2D eigenvalue weighted by Crippen LogP contribution is 2.55. The monoisotopic (exact) mass is 310 g/mol. The van der Waals surface area contributed by atoms with Gasteiger partial charge in [0.05, 0.1) is 16.9 Å². The third-order valence-corrected chi connectivity index (χ3v) is 5.43. The lowest BCUT2D eigenvalue weighted by atomic mass is 9.78. The van der Waals surface area contributed by atoms with Gasteiger partial charge in [-0.1, -0.05) is 18.2 Å². The molecule has 0 saturated carbocycles. The van der Waals surface area contributed by atoms with Crippen molar-refractivity contribution in [3.63, 3.8) is 0 Å². The number of para-hydroxylation sites is 1. The zero-order valence-corrected chi connectivity index (χ0v) is 13.4. The van der Waals surface area contributed by atoms with E-state index in [1.54, 1.807) is 12.1 Å². The van der Waals surface area contributed by atoms with Crippen LogP contribution in [0.4, 0.5) is 11.4 Å². The fourth-order valence-corrected chi connectivity index (χ4v) is 3.76. The van der Waals surface area contributed by atoms with Gasteiger partial charge >= 0.3 is 0 Å². The maximum absolute atomic E-state index is 11.0. The Bertz CT molecular complexity index is 831. The zero-order chi connectivity index (χ0) is 16.4. The molecule has 0 fully saturated rings. The second-order valence-corrected chi connectivity index (χ2v) is 6.86. The summed E-state index contributed by atoms with van der Waals surface area (Å²) in [6, 6.07) is 13.1. The van der Waals surface area contributed by atoms with Gasteiger partial charge in [0.1, 0.15) is 5.75 Å². The van der Waals surface area contributed by atoms with E-state index >= 15 is 0 Å². The van der Waals surface area contributed by atoms with E-state index in [2.05, 4.69) is 37.8 Å². The number of nitro groups is 1. The molecule has 0 N–H and O–H groups in total. The second kappa shape index (κ2) is 4.25. The number of ether oxygens (including phenoxy) is 1. The molecule has 23 heavy (non-hydrogen) atoms. The molecular formula is C18H18N2O3. The minimum Gasteiger partial charge on any atom is -0.467 e. The van der Waals surface area contributed by atoms with Crippen LogP contribution in [-0.4, -0.2) is 10.6 Å². The Morgan fingerprint density at radius 2 is 1.91 bits per heavy atom. The third kappa shape index (κ3) is 1.67. The predicted octanol–water partition coefficient (Wildman–Crippen LogP) is 4.00. The van der Waals surface area contributed by atoms with Crippen molar-refractivity contribution in [2.45, 2.75) is 38.5 Å². The summed E-state index contributed by atoms with van der Waals surface area (Å²) in [7, 11) is 0. The molecule has 2 aromatic rings. The molecule has 0 spiro atoms. The number of benzene rings is 2. The normalized spacial score (nSPS) is 23.5. The van der Waals surface area contributed by atoms with Crippen LogP contribution in [-0.2, 0) is 12.0 Å². The standard InChI is InChI=1S/C18H18N2O3/c1-17(2)14-6-4-5-7-15(14)19-11-12-10-13(20(21)22)8-9-16(12)23-18(17,19)3/h4-10H,11H2,1-3H3/t18-/m1/s1. The van der Waals surface area contributed by atoms with E-state index in [9.17, 15) is 10.1 Å². The number of fused-ring (bicyclic) bond motifs is 4. The first-order valence-corrected chi connectivity index (χ1v) is 7.68. The minimum atomic E-state index is -0.514. The Hall–Kier alpha value is -2.56. The van der Waals surface area contributed by atoms with Gasteiger partial charge in [0.25, 0.3) is 5.69 Å².